The van der Waals surface area contributed by atoms with Gasteiger partial charge < -0.3 is 5.73 Å². The van der Waals surface area contributed by atoms with Gasteiger partial charge in [0.15, 0.2) is 0 Å². The number of halogens is 2. The molecule has 0 radical (unpaired) electrons. The maximum atomic E-state index is 12.8. The Morgan fingerprint density at radius 2 is 1.73 bits per heavy atom. The van der Waals surface area contributed by atoms with E-state index in [4.69, 9.17) is 10.7 Å². The summed E-state index contributed by atoms with van der Waals surface area (Å²) in [6.45, 7) is 15.3. The van der Waals surface area contributed by atoms with E-state index >= 15 is 0 Å². The largest absolute Gasteiger partial charge is 0.396 e. The first kappa shape index (κ1) is 36.4. The number of rotatable bonds is 7. The molecule has 0 aliphatic rings. The topological polar surface area (TPSA) is 56.0 Å². The van der Waals surface area contributed by atoms with Gasteiger partial charge in [0, 0.05) is 21.7 Å². The number of nitrogen functional groups attached to an aromatic ring is 1. The van der Waals surface area contributed by atoms with Crippen LogP contribution in [-0.4, -0.2) is 14.9 Å². The summed E-state index contributed by atoms with van der Waals surface area (Å²) in [5, 5.41) is 2.96. The minimum Gasteiger partial charge on any atom is -0.396 e. The third-order valence-corrected chi connectivity index (χ3v) is 10.2. The Kier molecular flexibility index (Phi) is 16.7. The van der Waals surface area contributed by atoms with Gasteiger partial charge in [0.25, 0.3) is 0 Å². The number of hydrogen-bond donors (Lipinski definition) is 1. The quantitative estimate of drug-likeness (QED) is 0.151. The predicted molar refractivity (Wildman–Crippen MR) is 198 cm³/mol. The molecule has 1 atom stereocenters. The Balaban J connectivity index is 0.000000349. The lowest BCUT2D eigenvalue weighted by Crippen LogP contribution is -1.99. The fraction of sp³-hybridized carbons (Fsp3) is 0.111. The van der Waals surface area contributed by atoms with Crippen molar-refractivity contribution in [1.82, 2.24) is 4.98 Å². The highest BCUT2D eigenvalue weighted by molar-refractivity contribution is 9.11. The second kappa shape index (κ2) is 20.2. The van der Waals surface area contributed by atoms with Crippen molar-refractivity contribution in [2.24, 2.45) is 0 Å². The Morgan fingerprint density at radius 1 is 1.05 bits per heavy atom. The number of thiophene rings is 2. The standard InChI is InChI=1S/C21H19BrN2OS3.C8H5Br.C7H4/c1-2-3-11-28(25)21-19(23)18-15(13-6-8-14(22)9-7-13)12-16(24-20(18)27-21)17-5-4-10-26-17;1-3-5-6-7-8(9)4-2;1-3-5-7-6-4-2/h4-10,12H,2-3,11,23H2,1H3;7H,1-2H2;1-2H2. The second-order valence-corrected chi connectivity index (χ2v) is 13.8. The lowest BCUT2D eigenvalue weighted by Gasteiger charge is -2.08. The van der Waals surface area contributed by atoms with Crippen LogP contribution in [0.4, 0.5) is 5.69 Å². The molecule has 3 nitrogen and oxygen atoms in total. The molecule has 0 aliphatic heterocycles. The van der Waals surface area contributed by atoms with Crippen molar-refractivity contribution in [2.75, 3.05) is 11.5 Å². The molecule has 3 aromatic heterocycles. The zero-order valence-corrected chi connectivity index (χ0v) is 29.7. The van der Waals surface area contributed by atoms with Crippen molar-refractivity contribution >= 4 is 81.2 Å². The molecular weight excluding hydrogens is 732 g/mol. The lowest BCUT2D eigenvalue weighted by molar-refractivity contribution is 0.681. The molecule has 0 bridgehead atoms. The average Bonchev–Trinajstić information content (AvgIpc) is 3.69. The molecule has 4 rings (SSSR count). The zero-order valence-electron chi connectivity index (χ0n) is 24.1. The highest BCUT2D eigenvalue weighted by Gasteiger charge is 2.21. The first-order chi connectivity index (χ1) is 21.3. The van der Waals surface area contributed by atoms with Gasteiger partial charge in [-0.1, -0.05) is 77.0 Å². The van der Waals surface area contributed by atoms with Crippen LogP contribution in [0.25, 0.3) is 31.9 Å². The molecule has 8 heteroatoms. The first-order valence-electron chi connectivity index (χ1n) is 12.9. The van der Waals surface area contributed by atoms with E-state index in [0.717, 1.165) is 57.9 Å². The van der Waals surface area contributed by atoms with Gasteiger partial charge in [-0.3, -0.25) is 4.21 Å². The Morgan fingerprint density at radius 3 is 2.30 bits per heavy atom. The monoisotopic (exact) mass is 758 g/mol. The summed E-state index contributed by atoms with van der Waals surface area (Å²) in [6, 6.07) is 14.4. The van der Waals surface area contributed by atoms with E-state index in [1.165, 1.54) is 11.3 Å². The van der Waals surface area contributed by atoms with Crippen molar-refractivity contribution in [3.05, 3.63) is 141 Å². The van der Waals surface area contributed by atoms with Crippen LogP contribution in [0.15, 0.2) is 145 Å². The van der Waals surface area contributed by atoms with Crippen LogP contribution in [0.5, 0.6) is 0 Å². The van der Waals surface area contributed by atoms with E-state index < -0.39 is 10.8 Å². The summed E-state index contributed by atoms with van der Waals surface area (Å²) < 4.78 is 15.3. The number of fused-ring (bicyclic) bond motifs is 1. The van der Waals surface area contributed by atoms with Crippen molar-refractivity contribution in [3.63, 3.8) is 0 Å². The van der Waals surface area contributed by atoms with Crippen LogP contribution in [0.2, 0.25) is 0 Å². The number of nitrogens with two attached hydrogens (primary N) is 1. The van der Waals surface area contributed by atoms with Gasteiger partial charge >= 0.3 is 0 Å². The van der Waals surface area contributed by atoms with Crippen LogP contribution < -0.4 is 5.73 Å². The second-order valence-electron chi connectivity index (χ2n) is 8.27. The number of unbranched alkanes of at least 4 members (excludes halogenated alkanes) is 1. The number of allylic oxidation sites excluding steroid dienone is 2. The summed E-state index contributed by atoms with van der Waals surface area (Å²) in [5.74, 6) is 0.638. The summed E-state index contributed by atoms with van der Waals surface area (Å²) in [4.78, 5) is 6.83. The SMILES string of the molecule is C=C=C=C=C=C=C.C=C=C=C=CC(Br)=C=C.CCCCS(=O)c1sc2nc(-c3cccs3)cc(-c3ccc(Br)cc3)c2c1N. The van der Waals surface area contributed by atoms with E-state index in [9.17, 15) is 4.21 Å². The van der Waals surface area contributed by atoms with E-state index in [0.29, 0.717) is 11.4 Å². The Bertz CT molecular complexity index is 1960. The maximum Gasteiger partial charge on any atom is 0.127 e. The molecule has 1 unspecified atom stereocenters. The van der Waals surface area contributed by atoms with Crippen LogP contribution in [-0.2, 0) is 10.8 Å². The Hall–Kier alpha value is -3.82. The van der Waals surface area contributed by atoms with Crippen LogP contribution in [0.1, 0.15) is 19.8 Å². The highest BCUT2D eigenvalue weighted by Crippen LogP contribution is 2.43. The van der Waals surface area contributed by atoms with E-state index in [1.54, 1.807) is 17.4 Å². The average molecular weight is 761 g/mol. The molecule has 220 valence electrons. The molecule has 0 saturated carbocycles. The van der Waals surface area contributed by atoms with Crippen molar-refractivity contribution in [2.45, 2.75) is 24.0 Å². The normalized spacial score (nSPS) is 9.61. The number of aromatic nitrogens is 1. The molecule has 0 amide bonds. The zero-order chi connectivity index (χ0) is 32.3. The highest BCUT2D eigenvalue weighted by atomic mass is 79.9. The molecule has 0 spiro atoms. The van der Waals surface area contributed by atoms with Crippen molar-refractivity contribution in [1.29, 1.82) is 0 Å². The van der Waals surface area contributed by atoms with Crippen LogP contribution >= 0.6 is 54.5 Å². The maximum absolute atomic E-state index is 12.8. The number of pyridine rings is 1. The minimum absolute atomic E-state index is 0.609. The van der Waals surface area contributed by atoms with Crippen molar-refractivity contribution in [3.8, 4) is 21.7 Å². The van der Waals surface area contributed by atoms with E-state index in [-0.39, 0.29) is 0 Å². The third-order valence-electron chi connectivity index (χ3n) is 5.31. The van der Waals surface area contributed by atoms with Gasteiger partial charge in [0.1, 0.15) is 9.04 Å². The molecule has 1 aromatic carbocycles. The number of nitrogens with zero attached hydrogens (tertiary/aromatic N) is 1. The van der Waals surface area contributed by atoms with Gasteiger partial charge in [0.2, 0.25) is 0 Å². The number of anilines is 1. The first-order valence-corrected chi connectivity index (χ1v) is 17.5. The van der Waals surface area contributed by atoms with E-state index in [1.807, 2.05) is 18.2 Å². The van der Waals surface area contributed by atoms with Gasteiger partial charge in [-0.2, -0.15) is 0 Å². The van der Waals surface area contributed by atoms with Gasteiger partial charge in [-0.25, -0.2) is 4.98 Å². The van der Waals surface area contributed by atoms with Gasteiger partial charge in [-0.15, -0.1) is 28.4 Å². The molecule has 2 N–H and O–H groups in total. The van der Waals surface area contributed by atoms with Gasteiger partial charge in [-0.05, 0) is 106 Å². The Labute approximate surface area is 286 Å². The molecule has 0 fully saturated rings. The smallest absolute Gasteiger partial charge is 0.127 e. The molecular formula is C36H28Br2N2OS3. The number of benzene rings is 1. The van der Waals surface area contributed by atoms with Crippen molar-refractivity contribution < 1.29 is 4.21 Å². The summed E-state index contributed by atoms with van der Waals surface area (Å²) in [6.07, 6.45) is 3.57. The minimum atomic E-state index is -1.09. The third kappa shape index (κ3) is 11.4. The fourth-order valence-electron chi connectivity index (χ4n) is 3.37. The molecule has 0 saturated heterocycles. The predicted octanol–water partition coefficient (Wildman–Crippen LogP) is 11.2. The van der Waals surface area contributed by atoms with Gasteiger partial charge in [0.05, 0.1) is 31.5 Å². The van der Waals surface area contributed by atoms with Crippen LogP contribution in [0.3, 0.4) is 0 Å². The summed E-state index contributed by atoms with van der Waals surface area (Å²) >= 11 is 9.77. The molecule has 0 aliphatic carbocycles. The summed E-state index contributed by atoms with van der Waals surface area (Å²) in [5.41, 5.74) is 32.4. The lowest BCUT2D eigenvalue weighted by atomic mass is 10.0. The summed E-state index contributed by atoms with van der Waals surface area (Å²) in [7, 11) is -1.09. The van der Waals surface area contributed by atoms with Crippen LogP contribution in [0, 0.1) is 0 Å². The number of hydrogen-bond acceptors (Lipinski definition) is 5. The molecule has 3 heterocycles. The molecule has 4 aromatic rings. The molecule has 44 heavy (non-hydrogen) atoms. The van der Waals surface area contributed by atoms with E-state index in [2.05, 4.69) is 146 Å². The fourth-order valence-corrected chi connectivity index (χ4v) is 7.23.